The summed E-state index contributed by atoms with van der Waals surface area (Å²) in [6.07, 6.45) is 1.10. The molecular weight excluding hydrogens is 248 g/mol. The minimum atomic E-state index is -0.369. The summed E-state index contributed by atoms with van der Waals surface area (Å²) in [6, 6.07) is 8.63. The maximum atomic E-state index is 9.74. The minimum Gasteiger partial charge on any atom is -0.394 e. The summed E-state index contributed by atoms with van der Waals surface area (Å²) < 4.78 is 0. The van der Waals surface area contributed by atoms with E-state index < -0.39 is 0 Å². The molecule has 0 saturated heterocycles. The molecule has 0 heterocycles. The average Bonchev–Trinajstić information content (AvgIpc) is 2.38. The van der Waals surface area contributed by atoms with Crippen molar-refractivity contribution in [3.05, 3.63) is 35.4 Å². The lowest BCUT2D eigenvalue weighted by molar-refractivity contribution is 0.172. The first kappa shape index (κ1) is 17.2. The molecule has 1 aromatic carbocycles. The van der Waals surface area contributed by atoms with E-state index in [2.05, 4.69) is 69.3 Å². The van der Waals surface area contributed by atoms with Crippen LogP contribution in [0.1, 0.15) is 31.9 Å². The van der Waals surface area contributed by atoms with Gasteiger partial charge < -0.3 is 15.3 Å². The normalized spacial score (nSPS) is 14.8. The van der Waals surface area contributed by atoms with Crippen LogP contribution >= 0.6 is 0 Å². The number of aliphatic hydroxyl groups excluding tert-OH is 1. The van der Waals surface area contributed by atoms with E-state index in [9.17, 15) is 5.11 Å². The second-order valence-electron chi connectivity index (χ2n) is 6.52. The predicted molar refractivity (Wildman–Crippen MR) is 86.0 cm³/mol. The molecule has 114 valence electrons. The highest BCUT2D eigenvalue weighted by molar-refractivity contribution is 5.28. The number of hydrogen-bond acceptors (Lipinski definition) is 3. The van der Waals surface area contributed by atoms with Crippen LogP contribution in [0.25, 0.3) is 0 Å². The molecule has 1 unspecified atom stereocenters. The third-order valence-corrected chi connectivity index (χ3v) is 3.63. The Morgan fingerprint density at radius 3 is 2.25 bits per heavy atom. The lowest BCUT2D eigenvalue weighted by atomic mass is 9.91. The Morgan fingerprint density at radius 1 is 1.20 bits per heavy atom. The quantitative estimate of drug-likeness (QED) is 0.765. The summed E-state index contributed by atoms with van der Waals surface area (Å²) in [4.78, 5) is 2.14. The highest BCUT2D eigenvalue weighted by Crippen LogP contribution is 2.21. The maximum Gasteiger partial charge on any atom is 0.0652 e. The SMILES string of the molecule is CC(C)Cc1ccc(C(C)(CO)NCCN(C)C)cc1. The monoisotopic (exact) mass is 278 g/mol. The van der Waals surface area contributed by atoms with E-state index >= 15 is 0 Å². The molecule has 0 aliphatic carbocycles. The fourth-order valence-corrected chi connectivity index (χ4v) is 2.28. The first-order valence-electron chi connectivity index (χ1n) is 7.47. The molecule has 1 atom stereocenters. The van der Waals surface area contributed by atoms with Crippen molar-refractivity contribution in [2.45, 2.75) is 32.7 Å². The van der Waals surface area contributed by atoms with Crippen molar-refractivity contribution >= 4 is 0 Å². The molecule has 3 nitrogen and oxygen atoms in total. The van der Waals surface area contributed by atoms with E-state index in [1.807, 2.05) is 0 Å². The standard InChI is InChI=1S/C17H30N2O/c1-14(2)12-15-6-8-16(9-7-15)17(3,13-20)18-10-11-19(4)5/h6-9,14,18,20H,10-13H2,1-5H3. The van der Waals surface area contributed by atoms with E-state index in [1.54, 1.807) is 0 Å². The van der Waals surface area contributed by atoms with Crippen LogP contribution in [-0.4, -0.2) is 43.8 Å². The fourth-order valence-electron chi connectivity index (χ4n) is 2.28. The largest absolute Gasteiger partial charge is 0.394 e. The Balaban J connectivity index is 2.72. The zero-order valence-electron chi connectivity index (χ0n) is 13.6. The van der Waals surface area contributed by atoms with Gasteiger partial charge in [-0.1, -0.05) is 38.1 Å². The molecule has 0 bridgehead atoms. The van der Waals surface area contributed by atoms with Gasteiger partial charge in [0.1, 0.15) is 0 Å². The molecule has 1 rings (SSSR count). The number of likely N-dealkylation sites (N-methyl/N-ethyl adjacent to an activating group) is 1. The van der Waals surface area contributed by atoms with E-state index in [0.717, 1.165) is 25.1 Å². The van der Waals surface area contributed by atoms with E-state index in [1.165, 1.54) is 5.56 Å². The molecule has 20 heavy (non-hydrogen) atoms. The topological polar surface area (TPSA) is 35.5 Å². The number of nitrogens with zero attached hydrogens (tertiary/aromatic N) is 1. The van der Waals surface area contributed by atoms with E-state index in [4.69, 9.17) is 0 Å². The van der Waals surface area contributed by atoms with Crippen molar-refractivity contribution in [3.63, 3.8) is 0 Å². The Kier molecular flexibility index (Phi) is 6.66. The Morgan fingerprint density at radius 2 is 1.80 bits per heavy atom. The van der Waals surface area contributed by atoms with Gasteiger partial charge in [0.25, 0.3) is 0 Å². The lowest BCUT2D eigenvalue weighted by Gasteiger charge is -2.30. The van der Waals surface area contributed by atoms with Gasteiger partial charge in [-0.3, -0.25) is 0 Å². The first-order valence-corrected chi connectivity index (χ1v) is 7.47. The van der Waals surface area contributed by atoms with Crippen LogP contribution in [-0.2, 0) is 12.0 Å². The van der Waals surface area contributed by atoms with Crippen LogP contribution in [0.4, 0.5) is 0 Å². The van der Waals surface area contributed by atoms with Crippen molar-refractivity contribution in [2.24, 2.45) is 5.92 Å². The predicted octanol–water partition coefficient (Wildman–Crippen LogP) is 2.24. The number of benzene rings is 1. The Bertz CT molecular complexity index is 386. The lowest BCUT2D eigenvalue weighted by Crippen LogP contribution is -2.45. The number of nitrogens with one attached hydrogen (secondary N) is 1. The molecule has 0 aliphatic heterocycles. The van der Waals surface area contributed by atoms with E-state index in [0.29, 0.717) is 5.92 Å². The molecule has 0 spiro atoms. The van der Waals surface area contributed by atoms with Gasteiger partial charge >= 0.3 is 0 Å². The van der Waals surface area contributed by atoms with Crippen LogP contribution in [0.3, 0.4) is 0 Å². The van der Waals surface area contributed by atoms with E-state index in [-0.39, 0.29) is 12.1 Å². The van der Waals surface area contributed by atoms with Gasteiger partial charge in [-0.25, -0.2) is 0 Å². The molecule has 0 aliphatic rings. The summed E-state index contributed by atoms with van der Waals surface area (Å²) in [7, 11) is 4.11. The summed E-state index contributed by atoms with van der Waals surface area (Å²) in [5.74, 6) is 0.670. The number of hydrogen-bond donors (Lipinski definition) is 2. The molecule has 0 radical (unpaired) electrons. The Hall–Kier alpha value is -0.900. The molecule has 3 heteroatoms. The zero-order chi connectivity index (χ0) is 15.2. The van der Waals surface area contributed by atoms with Crippen LogP contribution < -0.4 is 5.32 Å². The van der Waals surface area contributed by atoms with Crippen LogP contribution in [0.15, 0.2) is 24.3 Å². The highest BCUT2D eigenvalue weighted by atomic mass is 16.3. The van der Waals surface area contributed by atoms with Gasteiger partial charge in [0.05, 0.1) is 12.1 Å². The molecule has 0 amide bonds. The highest BCUT2D eigenvalue weighted by Gasteiger charge is 2.24. The van der Waals surface area contributed by atoms with Gasteiger partial charge in [-0.2, -0.15) is 0 Å². The molecule has 0 saturated carbocycles. The molecule has 1 aromatic rings. The van der Waals surface area contributed by atoms with Crippen LogP contribution in [0, 0.1) is 5.92 Å². The third-order valence-electron chi connectivity index (χ3n) is 3.63. The molecular formula is C17H30N2O. The maximum absolute atomic E-state index is 9.74. The van der Waals surface area contributed by atoms with Crippen molar-refractivity contribution in [3.8, 4) is 0 Å². The van der Waals surface area contributed by atoms with Crippen molar-refractivity contribution < 1.29 is 5.11 Å². The average molecular weight is 278 g/mol. The van der Waals surface area contributed by atoms with Gasteiger partial charge in [-0.15, -0.1) is 0 Å². The van der Waals surface area contributed by atoms with Gasteiger partial charge in [0.2, 0.25) is 0 Å². The summed E-state index contributed by atoms with van der Waals surface area (Å²) in [5, 5.41) is 13.2. The third kappa shape index (κ3) is 5.23. The zero-order valence-corrected chi connectivity index (χ0v) is 13.6. The Labute approximate surface area is 124 Å². The van der Waals surface area contributed by atoms with Gasteiger partial charge in [0, 0.05) is 13.1 Å². The van der Waals surface area contributed by atoms with Crippen molar-refractivity contribution in [2.75, 3.05) is 33.8 Å². The first-order chi connectivity index (χ1) is 9.37. The molecule has 0 aromatic heterocycles. The molecule has 0 fully saturated rings. The molecule has 2 N–H and O–H groups in total. The number of rotatable bonds is 8. The summed E-state index contributed by atoms with van der Waals surface area (Å²) >= 11 is 0. The smallest absolute Gasteiger partial charge is 0.0652 e. The fraction of sp³-hybridized carbons (Fsp3) is 0.647. The second kappa shape index (κ2) is 7.77. The number of aliphatic hydroxyl groups is 1. The summed E-state index contributed by atoms with van der Waals surface area (Å²) in [5.41, 5.74) is 2.13. The van der Waals surface area contributed by atoms with Crippen LogP contribution in [0.2, 0.25) is 0 Å². The van der Waals surface area contributed by atoms with Crippen LogP contribution in [0.5, 0.6) is 0 Å². The van der Waals surface area contributed by atoms with Crippen molar-refractivity contribution in [1.29, 1.82) is 0 Å². The van der Waals surface area contributed by atoms with Gasteiger partial charge in [-0.05, 0) is 44.5 Å². The summed E-state index contributed by atoms with van der Waals surface area (Å²) in [6.45, 7) is 8.44. The minimum absolute atomic E-state index is 0.101. The van der Waals surface area contributed by atoms with Crippen molar-refractivity contribution in [1.82, 2.24) is 10.2 Å². The second-order valence-corrected chi connectivity index (χ2v) is 6.52. The van der Waals surface area contributed by atoms with Gasteiger partial charge in [0.15, 0.2) is 0 Å².